The summed E-state index contributed by atoms with van der Waals surface area (Å²) in [4.78, 5) is 39.2. The van der Waals surface area contributed by atoms with Gasteiger partial charge in [-0.3, -0.25) is 4.79 Å². The van der Waals surface area contributed by atoms with Crippen LogP contribution in [0.15, 0.2) is 48.6 Å². The third-order valence-corrected chi connectivity index (χ3v) is 8.99. The van der Waals surface area contributed by atoms with E-state index in [2.05, 4.69) is 0 Å². The molecule has 2 aromatic rings. The van der Waals surface area contributed by atoms with Gasteiger partial charge in [0.15, 0.2) is 0 Å². The summed E-state index contributed by atoms with van der Waals surface area (Å²) in [6, 6.07) is 4.28. The second kappa shape index (κ2) is 15.9. The minimum Gasteiger partial charge on any atom is -0.444 e. The number of carbonyl (C=O) groups excluding carboxylic acids is 3. The summed E-state index contributed by atoms with van der Waals surface area (Å²) in [7, 11) is 0. The third kappa shape index (κ3) is 10.8. The van der Waals surface area contributed by atoms with E-state index in [1.54, 1.807) is 53.4 Å². The van der Waals surface area contributed by atoms with Crippen LogP contribution < -0.4 is 5.73 Å². The number of nitrogens with two attached hydrogens (primary N) is 1. The van der Waals surface area contributed by atoms with Gasteiger partial charge in [0.25, 0.3) is 5.91 Å². The molecule has 0 aromatic heterocycles. The van der Waals surface area contributed by atoms with E-state index in [-0.39, 0.29) is 18.8 Å². The number of hydrogen-bond acceptors (Lipinski definition) is 8. The molecule has 2 aliphatic heterocycles. The molecular weight excluding hydrogens is 686 g/mol. The Labute approximate surface area is 301 Å². The lowest BCUT2D eigenvalue weighted by Gasteiger charge is -2.35. The Kier molecular flexibility index (Phi) is 12.5. The molecule has 0 radical (unpaired) electrons. The van der Waals surface area contributed by atoms with E-state index in [1.807, 2.05) is 0 Å². The minimum absolute atomic E-state index is 0.117. The number of imide groups is 1. The van der Waals surface area contributed by atoms with Gasteiger partial charge < -0.3 is 30.3 Å². The van der Waals surface area contributed by atoms with Crippen LogP contribution in [0.1, 0.15) is 66.0 Å². The standard InChI is InChI=1S/C19H26F2N2O3.C19H23F2NO4/c1-19(2,3)26-18(25)23-9-11-7-14(11)16(23)17(24)15(22)6-10-4-12(20)8-13(21)5-10;1-11(7-12-8-13(20)10-14(21)9-12)17(24)15-5-6-16(23)22(15)18(25)26-19(2,3)4/h4-5,8,11,14-17,24H,6-7,9,22H2,1-3H3;5-6,8-11,15,17,24H,7H2,1-4H3/t11?,14-,15+,16-,17+;11-,15+,17-/m10/s1. The number of benzene rings is 2. The van der Waals surface area contributed by atoms with E-state index >= 15 is 0 Å². The quantitative estimate of drug-likeness (QED) is 0.295. The number of aliphatic hydroxyl groups excluding tert-OH is 2. The summed E-state index contributed by atoms with van der Waals surface area (Å²) in [6.45, 7) is 12.6. The number of hydrogen-bond donors (Lipinski definition) is 3. The summed E-state index contributed by atoms with van der Waals surface area (Å²) in [5.41, 5.74) is 5.47. The largest absolute Gasteiger partial charge is 0.444 e. The fourth-order valence-electron chi connectivity index (χ4n) is 6.68. The fourth-order valence-corrected chi connectivity index (χ4v) is 6.68. The molecule has 10 nitrogen and oxygen atoms in total. The van der Waals surface area contributed by atoms with Crippen LogP contribution in [0.5, 0.6) is 0 Å². The maximum atomic E-state index is 13.4. The zero-order valence-electron chi connectivity index (χ0n) is 30.5. The first-order valence-electron chi connectivity index (χ1n) is 17.3. The Morgan fingerprint density at radius 3 is 1.81 bits per heavy atom. The van der Waals surface area contributed by atoms with Crippen LogP contribution in [0.25, 0.3) is 0 Å². The van der Waals surface area contributed by atoms with E-state index < -0.39 is 88.8 Å². The molecule has 8 atom stereocenters. The average molecular weight is 736 g/mol. The maximum Gasteiger partial charge on any atom is 0.417 e. The fraction of sp³-hybridized carbons (Fsp3) is 0.553. The van der Waals surface area contributed by atoms with Crippen LogP contribution >= 0.6 is 0 Å². The predicted molar refractivity (Wildman–Crippen MR) is 184 cm³/mol. The lowest BCUT2D eigenvalue weighted by atomic mass is 9.91. The van der Waals surface area contributed by atoms with Gasteiger partial charge in [0.2, 0.25) is 0 Å². The molecule has 14 heteroatoms. The Balaban J connectivity index is 0.000000233. The number of halogens is 4. The number of fused-ring (bicyclic) bond motifs is 1. The van der Waals surface area contributed by atoms with Crippen molar-refractivity contribution in [3.8, 4) is 0 Å². The summed E-state index contributed by atoms with van der Waals surface area (Å²) >= 11 is 0. The summed E-state index contributed by atoms with van der Waals surface area (Å²) in [5.74, 6) is -3.25. The summed E-state index contributed by atoms with van der Waals surface area (Å²) in [6.07, 6.45) is 0.456. The van der Waals surface area contributed by atoms with Crippen molar-refractivity contribution in [3.63, 3.8) is 0 Å². The molecule has 3 aliphatic rings. The molecule has 5 rings (SSSR count). The van der Waals surface area contributed by atoms with Gasteiger partial charge in [0, 0.05) is 30.8 Å². The third-order valence-electron chi connectivity index (χ3n) is 8.99. The second-order valence-corrected chi connectivity index (χ2v) is 15.9. The lowest BCUT2D eigenvalue weighted by Crippen LogP contribution is -2.54. The van der Waals surface area contributed by atoms with Crippen molar-refractivity contribution in [2.75, 3.05) is 6.54 Å². The van der Waals surface area contributed by atoms with Crippen molar-refractivity contribution in [1.29, 1.82) is 0 Å². The first-order chi connectivity index (χ1) is 24.0. The van der Waals surface area contributed by atoms with E-state index in [0.29, 0.717) is 23.6 Å². The van der Waals surface area contributed by atoms with Crippen molar-refractivity contribution >= 4 is 18.1 Å². The molecular formula is C38H49F4N3O7. The monoisotopic (exact) mass is 735 g/mol. The van der Waals surface area contributed by atoms with Crippen molar-refractivity contribution < 1.29 is 51.6 Å². The highest BCUT2D eigenvalue weighted by Crippen LogP contribution is 2.51. The Morgan fingerprint density at radius 2 is 1.31 bits per heavy atom. The molecule has 2 aromatic carbocycles. The Bertz CT molecular complexity index is 1620. The molecule has 1 unspecified atom stereocenters. The van der Waals surface area contributed by atoms with Gasteiger partial charge in [-0.1, -0.05) is 13.0 Å². The van der Waals surface area contributed by atoms with Gasteiger partial charge >= 0.3 is 12.2 Å². The van der Waals surface area contributed by atoms with E-state index in [9.17, 15) is 42.2 Å². The number of rotatable bonds is 8. The highest BCUT2D eigenvalue weighted by Gasteiger charge is 2.57. The number of nitrogens with zero attached hydrogens (tertiary/aromatic N) is 2. The van der Waals surface area contributed by atoms with Crippen molar-refractivity contribution in [2.24, 2.45) is 23.5 Å². The van der Waals surface area contributed by atoms with Gasteiger partial charge in [-0.2, -0.15) is 0 Å². The molecule has 0 spiro atoms. The predicted octanol–water partition coefficient (Wildman–Crippen LogP) is 5.66. The number of carbonyl (C=O) groups is 3. The highest BCUT2D eigenvalue weighted by molar-refractivity contribution is 6.01. The molecule has 1 aliphatic carbocycles. The number of aliphatic hydroxyl groups is 2. The van der Waals surface area contributed by atoms with Crippen LogP contribution in [-0.2, 0) is 27.1 Å². The molecule has 2 heterocycles. The van der Waals surface area contributed by atoms with Crippen LogP contribution in [0.2, 0.25) is 0 Å². The Morgan fingerprint density at radius 1 is 0.827 bits per heavy atom. The van der Waals surface area contributed by atoms with Gasteiger partial charge in [-0.05, 0) is 114 Å². The number of piperidine rings is 1. The number of ether oxygens (including phenoxy) is 2. The van der Waals surface area contributed by atoms with E-state index in [4.69, 9.17) is 15.2 Å². The summed E-state index contributed by atoms with van der Waals surface area (Å²) < 4.78 is 64.0. The number of amides is 3. The molecule has 1 saturated heterocycles. The van der Waals surface area contributed by atoms with Gasteiger partial charge in [-0.15, -0.1) is 0 Å². The minimum atomic E-state index is -1.11. The van der Waals surface area contributed by atoms with Crippen molar-refractivity contribution in [2.45, 2.75) is 109 Å². The van der Waals surface area contributed by atoms with E-state index in [0.717, 1.165) is 23.5 Å². The van der Waals surface area contributed by atoms with Crippen LogP contribution in [0.3, 0.4) is 0 Å². The first kappa shape index (κ1) is 40.8. The maximum absolute atomic E-state index is 13.4. The first-order valence-corrected chi connectivity index (χ1v) is 17.3. The SMILES string of the molecule is CC(C)(C)OC(=O)N1CC2C[C@H]2[C@@H]1[C@@H](O)[C@@H](N)Cc1cc(F)cc(F)c1.C[C@@H](Cc1cc(F)cc(F)c1)[C@H](O)[C@H]1C=CC(=O)N1C(=O)OC(C)(C)C. The molecule has 0 bridgehead atoms. The highest BCUT2D eigenvalue weighted by atomic mass is 19.1. The van der Waals surface area contributed by atoms with Crippen molar-refractivity contribution in [3.05, 3.63) is 82.9 Å². The zero-order chi connectivity index (χ0) is 38.9. The molecule has 4 N–H and O–H groups in total. The van der Waals surface area contributed by atoms with Crippen LogP contribution in [0.4, 0.5) is 27.2 Å². The zero-order valence-corrected chi connectivity index (χ0v) is 30.5. The molecule has 2 fully saturated rings. The second-order valence-electron chi connectivity index (χ2n) is 15.9. The van der Waals surface area contributed by atoms with Crippen molar-refractivity contribution in [1.82, 2.24) is 9.80 Å². The Hall–Kier alpha value is -4.01. The van der Waals surface area contributed by atoms with Gasteiger partial charge in [0.1, 0.15) is 34.5 Å². The molecule has 3 amide bonds. The van der Waals surface area contributed by atoms with E-state index in [1.165, 1.54) is 36.4 Å². The normalized spacial score (nSPS) is 23.3. The topological polar surface area (TPSA) is 143 Å². The van der Waals surface area contributed by atoms with Gasteiger partial charge in [-0.25, -0.2) is 32.1 Å². The molecule has 1 saturated carbocycles. The van der Waals surface area contributed by atoms with Crippen LogP contribution in [-0.4, -0.2) is 86.2 Å². The number of likely N-dealkylation sites (tertiary alicyclic amines) is 1. The summed E-state index contributed by atoms with van der Waals surface area (Å²) in [5, 5.41) is 21.4. The van der Waals surface area contributed by atoms with Crippen LogP contribution in [0, 0.1) is 41.0 Å². The molecule has 286 valence electrons. The lowest BCUT2D eigenvalue weighted by molar-refractivity contribution is -0.127. The average Bonchev–Trinajstić information content (AvgIpc) is 3.47. The molecule has 52 heavy (non-hydrogen) atoms. The smallest absolute Gasteiger partial charge is 0.417 e. The van der Waals surface area contributed by atoms with Gasteiger partial charge in [0.05, 0.1) is 24.3 Å².